The molecule has 6 rings (SSSR count). The molecule has 3 aromatic heterocycles. The summed E-state index contributed by atoms with van der Waals surface area (Å²) in [5.41, 5.74) is 12.0. The number of carbonyl (C=O) groups excluding carboxylic acids is 1. The van der Waals surface area contributed by atoms with Gasteiger partial charge in [-0.05, 0) is 62.7 Å². The molecule has 2 fully saturated rings. The van der Waals surface area contributed by atoms with Gasteiger partial charge in [0.05, 0.1) is 11.2 Å². The fourth-order valence-corrected chi connectivity index (χ4v) is 5.66. The van der Waals surface area contributed by atoms with Gasteiger partial charge in [0.2, 0.25) is 5.88 Å². The zero-order valence-corrected chi connectivity index (χ0v) is 22.3. The van der Waals surface area contributed by atoms with Crippen molar-refractivity contribution >= 4 is 17.2 Å². The number of aromatic nitrogens is 4. The third-order valence-electron chi connectivity index (χ3n) is 7.34. The number of likely N-dealkylation sites (tertiary alicyclic amines) is 1. The Kier molecular flexibility index (Phi) is 6.03. The van der Waals surface area contributed by atoms with Crippen LogP contribution in [0.1, 0.15) is 36.8 Å². The number of nitrogens with two attached hydrogens (primary N) is 1. The smallest absolute Gasteiger partial charge is 0.272 e. The van der Waals surface area contributed by atoms with Gasteiger partial charge < -0.3 is 15.4 Å². The molecular formula is C28H29FN6O2S. The van der Waals surface area contributed by atoms with Crippen molar-refractivity contribution < 1.29 is 13.9 Å². The Balaban J connectivity index is 1.17. The summed E-state index contributed by atoms with van der Waals surface area (Å²) in [6.45, 7) is 7.69. The van der Waals surface area contributed by atoms with E-state index in [-0.39, 0.29) is 29.7 Å². The molecule has 4 aromatic rings. The van der Waals surface area contributed by atoms with Crippen molar-refractivity contribution in [2.45, 2.75) is 39.0 Å². The van der Waals surface area contributed by atoms with E-state index in [2.05, 4.69) is 10.1 Å². The zero-order chi connectivity index (χ0) is 26.6. The maximum absolute atomic E-state index is 13.5. The van der Waals surface area contributed by atoms with Crippen LogP contribution in [-0.4, -0.2) is 49.7 Å². The Labute approximate surface area is 224 Å². The van der Waals surface area contributed by atoms with Crippen molar-refractivity contribution in [1.29, 1.82) is 0 Å². The molecule has 1 amide bonds. The van der Waals surface area contributed by atoms with Gasteiger partial charge in [-0.3, -0.25) is 9.48 Å². The van der Waals surface area contributed by atoms with Gasteiger partial charge >= 0.3 is 0 Å². The summed E-state index contributed by atoms with van der Waals surface area (Å²) in [4.78, 5) is 24.3. The normalized spacial score (nSPS) is 20.4. The first kappa shape index (κ1) is 24.7. The molecular weight excluding hydrogens is 503 g/mol. The number of amides is 1. The van der Waals surface area contributed by atoms with Crippen molar-refractivity contribution in [3.05, 3.63) is 70.4 Å². The van der Waals surface area contributed by atoms with Gasteiger partial charge in [0.25, 0.3) is 5.91 Å². The van der Waals surface area contributed by atoms with Crippen molar-refractivity contribution in [1.82, 2.24) is 24.6 Å². The first-order chi connectivity index (χ1) is 18.2. The monoisotopic (exact) mass is 532 g/mol. The number of hydrogen-bond acceptors (Lipinski definition) is 7. The number of thiazole rings is 1. The molecule has 196 valence electrons. The van der Waals surface area contributed by atoms with Crippen LogP contribution in [0.2, 0.25) is 0 Å². The average molecular weight is 533 g/mol. The Hall–Kier alpha value is -3.63. The lowest BCUT2D eigenvalue weighted by Crippen LogP contribution is -2.34. The van der Waals surface area contributed by atoms with Crippen LogP contribution in [0.15, 0.2) is 53.4 Å². The third-order valence-corrected chi connectivity index (χ3v) is 7.93. The molecule has 1 saturated heterocycles. The molecule has 2 N–H and O–H groups in total. The van der Waals surface area contributed by atoms with Crippen LogP contribution in [0.5, 0.6) is 5.88 Å². The van der Waals surface area contributed by atoms with Gasteiger partial charge in [-0.25, -0.2) is 14.4 Å². The van der Waals surface area contributed by atoms with Crippen LogP contribution in [0.4, 0.5) is 4.39 Å². The molecule has 2 atom stereocenters. The number of aryl methyl sites for hydroxylation is 1. The minimum Gasteiger partial charge on any atom is -0.474 e. The summed E-state index contributed by atoms with van der Waals surface area (Å²) >= 11 is 1.50. The van der Waals surface area contributed by atoms with Gasteiger partial charge in [0.1, 0.15) is 29.0 Å². The highest BCUT2D eigenvalue weighted by atomic mass is 32.1. The van der Waals surface area contributed by atoms with E-state index in [0.29, 0.717) is 42.6 Å². The lowest BCUT2D eigenvalue weighted by atomic mass is 9.95. The SMILES string of the molecule is CCn1nc(-c2cscn2)cc1C(=O)N1CC2C(C1)C2Oc1cc(C(C)(C)N)cc(-c2ccc(F)cc2)n1. The molecule has 0 radical (unpaired) electrons. The van der Waals surface area contributed by atoms with E-state index in [1.807, 2.05) is 49.3 Å². The molecule has 0 spiro atoms. The topological polar surface area (TPSA) is 99.2 Å². The van der Waals surface area contributed by atoms with Crippen molar-refractivity contribution in [3.8, 4) is 28.5 Å². The molecule has 38 heavy (non-hydrogen) atoms. The van der Waals surface area contributed by atoms with E-state index in [4.69, 9.17) is 15.5 Å². The fraction of sp³-hybridized carbons (Fsp3) is 0.357. The standard InChI is InChI=1S/C28H29FN6O2S/c1-4-35-24(11-22(33-35)23-14-38-15-31-23)27(36)34-12-19-20(13-34)26(19)37-25-10-17(28(2,3)30)9-21(32-25)16-5-7-18(29)8-6-16/h5-11,14-15,19-20,26H,4,12-13,30H2,1-3H3. The molecule has 10 heteroatoms. The second kappa shape index (κ2) is 9.28. The third kappa shape index (κ3) is 4.58. The minimum atomic E-state index is -0.599. The van der Waals surface area contributed by atoms with E-state index >= 15 is 0 Å². The first-order valence-corrected chi connectivity index (χ1v) is 13.7. The predicted octanol–water partition coefficient (Wildman–Crippen LogP) is 4.57. The number of piperidine rings is 1. The summed E-state index contributed by atoms with van der Waals surface area (Å²) in [7, 11) is 0. The quantitative estimate of drug-likeness (QED) is 0.374. The summed E-state index contributed by atoms with van der Waals surface area (Å²) in [5.74, 6) is 0.679. The number of benzene rings is 1. The molecule has 2 unspecified atom stereocenters. The Morgan fingerprint density at radius 1 is 1.13 bits per heavy atom. The number of halogens is 1. The second-order valence-electron chi connectivity index (χ2n) is 10.5. The summed E-state index contributed by atoms with van der Waals surface area (Å²) in [6, 6.07) is 11.9. The molecule has 2 aliphatic rings. The van der Waals surface area contributed by atoms with Gasteiger partial charge in [0.15, 0.2) is 0 Å². The number of nitrogens with zero attached hydrogens (tertiary/aromatic N) is 5. The van der Waals surface area contributed by atoms with Crippen molar-refractivity contribution in [3.63, 3.8) is 0 Å². The number of rotatable bonds is 7. The summed E-state index contributed by atoms with van der Waals surface area (Å²) in [5, 5.41) is 6.51. The van der Waals surface area contributed by atoms with E-state index in [1.165, 1.54) is 23.5 Å². The molecule has 8 nitrogen and oxygen atoms in total. The Bertz CT molecular complexity index is 1470. The highest BCUT2D eigenvalue weighted by Gasteiger charge is 2.59. The molecule has 4 heterocycles. The summed E-state index contributed by atoms with van der Waals surface area (Å²) in [6.07, 6.45) is -0.00888. The van der Waals surface area contributed by atoms with Gasteiger partial charge in [0, 0.05) is 54.0 Å². The largest absolute Gasteiger partial charge is 0.474 e. The molecule has 0 bridgehead atoms. The van der Waals surface area contributed by atoms with Crippen LogP contribution >= 0.6 is 11.3 Å². The van der Waals surface area contributed by atoms with Crippen LogP contribution in [-0.2, 0) is 12.1 Å². The van der Waals surface area contributed by atoms with Crippen LogP contribution < -0.4 is 10.5 Å². The lowest BCUT2D eigenvalue weighted by Gasteiger charge is -2.22. The zero-order valence-electron chi connectivity index (χ0n) is 21.5. The van der Waals surface area contributed by atoms with E-state index in [1.54, 1.807) is 22.3 Å². The Morgan fingerprint density at radius 3 is 2.50 bits per heavy atom. The second-order valence-corrected chi connectivity index (χ2v) is 11.3. The average Bonchev–Trinajstić information content (AvgIpc) is 3.42. The summed E-state index contributed by atoms with van der Waals surface area (Å²) < 4.78 is 21.6. The van der Waals surface area contributed by atoms with E-state index in [0.717, 1.165) is 16.8 Å². The molecule has 1 aliphatic heterocycles. The Morgan fingerprint density at radius 2 is 1.87 bits per heavy atom. The molecule has 1 aromatic carbocycles. The minimum absolute atomic E-state index is 0.00888. The number of fused-ring (bicyclic) bond motifs is 1. The highest BCUT2D eigenvalue weighted by Crippen LogP contribution is 2.48. The number of hydrogen-bond donors (Lipinski definition) is 1. The number of carbonyl (C=O) groups is 1. The first-order valence-electron chi connectivity index (χ1n) is 12.7. The maximum atomic E-state index is 13.5. The van der Waals surface area contributed by atoms with Crippen molar-refractivity contribution in [2.24, 2.45) is 17.6 Å². The molecule has 1 saturated carbocycles. The number of pyridine rings is 1. The van der Waals surface area contributed by atoms with Gasteiger partial charge in [-0.1, -0.05) is 0 Å². The van der Waals surface area contributed by atoms with Crippen molar-refractivity contribution in [2.75, 3.05) is 13.1 Å². The molecule has 1 aliphatic carbocycles. The van der Waals surface area contributed by atoms with Crippen LogP contribution in [0.3, 0.4) is 0 Å². The fourth-order valence-electron chi connectivity index (χ4n) is 5.11. The van der Waals surface area contributed by atoms with Crippen LogP contribution in [0, 0.1) is 17.7 Å². The van der Waals surface area contributed by atoms with Gasteiger partial charge in [-0.2, -0.15) is 5.10 Å². The van der Waals surface area contributed by atoms with Gasteiger partial charge in [-0.15, -0.1) is 11.3 Å². The number of ether oxygens (including phenoxy) is 1. The van der Waals surface area contributed by atoms with Crippen LogP contribution in [0.25, 0.3) is 22.6 Å². The predicted molar refractivity (Wildman–Crippen MR) is 143 cm³/mol. The lowest BCUT2D eigenvalue weighted by molar-refractivity contribution is 0.0739. The van der Waals surface area contributed by atoms with E-state index in [9.17, 15) is 9.18 Å². The van der Waals surface area contributed by atoms with E-state index < -0.39 is 5.54 Å². The highest BCUT2D eigenvalue weighted by molar-refractivity contribution is 7.07. The maximum Gasteiger partial charge on any atom is 0.272 e.